The molecule has 0 radical (unpaired) electrons. The molecule has 1 aliphatic heterocycles. The van der Waals surface area contributed by atoms with Crippen LogP contribution in [-0.2, 0) is 6.54 Å². The molecule has 1 atom stereocenters. The third kappa shape index (κ3) is 5.71. The highest BCUT2D eigenvalue weighted by atomic mass is 19.1. The normalized spacial score (nSPS) is 18.6. The Balaban J connectivity index is 1.78. The van der Waals surface area contributed by atoms with Crippen molar-refractivity contribution in [3.8, 4) is 6.07 Å². The quantitative estimate of drug-likeness (QED) is 0.614. The number of aliphatic imine (C=N–C) groups is 1. The highest BCUT2D eigenvalue weighted by Crippen LogP contribution is 2.18. The molecule has 6 heteroatoms. The molecule has 136 valence electrons. The van der Waals surface area contributed by atoms with Crippen LogP contribution in [0.4, 0.5) is 4.39 Å². The summed E-state index contributed by atoms with van der Waals surface area (Å²) in [5.41, 5.74) is 0.847. The van der Waals surface area contributed by atoms with E-state index in [4.69, 9.17) is 5.26 Å². The lowest BCUT2D eigenvalue weighted by molar-refractivity contribution is 0.147. The average Bonchev–Trinajstić information content (AvgIpc) is 2.65. The van der Waals surface area contributed by atoms with Gasteiger partial charge in [0.2, 0.25) is 0 Å². The van der Waals surface area contributed by atoms with Crippen LogP contribution in [0.3, 0.4) is 0 Å². The number of rotatable bonds is 6. The molecule has 0 aliphatic carbocycles. The average molecular weight is 345 g/mol. The Hall–Kier alpha value is -2.13. The van der Waals surface area contributed by atoms with Crippen molar-refractivity contribution in [1.82, 2.24) is 15.5 Å². The molecule has 2 N–H and O–H groups in total. The first-order valence-corrected chi connectivity index (χ1v) is 9.05. The Labute approximate surface area is 149 Å². The Morgan fingerprint density at radius 3 is 2.92 bits per heavy atom. The maximum atomic E-state index is 13.9. The summed E-state index contributed by atoms with van der Waals surface area (Å²) in [4.78, 5) is 6.74. The molecule has 2 rings (SSSR count). The van der Waals surface area contributed by atoms with Crippen LogP contribution in [0.1, 0.15) is 43.7 Å². The number of guanidine groups is 1. The van der Waals surface area contributed by atoms with Crippen molar-refractivity contribution < 1.29 is 4.39 Å². The maximum Gasteiger partial charge on any atom is 0.191 e. The van der Waals surface area contributed by atoms with E-state index >= 15 is 0 Å². The SMILES string of the molecule is CCC1CCCCN1CCNC(=NC)NCc1ccc(C#N)cc1F. The molecule has 0 spiro atoms. The van der Waals surface area contributed by atoms with E-state index in [2.05, 4.69) is 27.4 Å². The maximum absolute atomic E-state index is 13.9. The summed E-state index contributed by atoms with van der Waals surface area (Å²) >= 11 is 0. The number of benzene rings is 1. The molecule has 1 unspecified atom stereocenters. The molecule has 1 heterocycles. The van der Waals surface area contributed by atoms with Gasteiger partial charge in [-0.25, -0.2) is 4.39 Å². The molecule has 1 fully saturated rings. The summed E-state index contributed by atoms with van der Waals surface area (Å²) in [5, 5.41) is 15.2. The lowest BCUT2D eigenvalue weighted by Crippen LogP contribution is -2.45. The number of piperidine rings is 1. The van der Waals surface area contributed by atoms with Gasteiger partial charge in [-0.3, -0.25) is 9.89 Å². The van der Waals surface area contributed by atoms with E-state index < -0.39 is 0 Å². The zero-order chi connectivity index (χ0) is 18.1. The van der Waals surface area contributed by atoms with Crippen molar-refractivity contribution in [1.29, 1.82) is 5.26 Å². The number of likely N-dealkylation sites (tertiary alicyclic amines) is 1. The first-order valence-electron chi connectivity index (χ1n) is 9.05. The molecule has 0 bridgehead atoms. The topological polar surface area (TPSA) is 63.4 Å². The van der Waals surface area contributed by atoms with E-state index in [1.54, 1.807) is 19.2 Å². The fourth-order valence-electron chi connectivity index (χ4n) is 3.29. The molecular formula is C19H28FN5. The molecule has 0 saturated carbocycles. The van der Waals surface area contributed by atoms with Gasteiger partial charge < -0.3 is 10.6 Å². The van der Waals surface area contributed by atoms with Crippen LogP contribution in [0.15, 0.2) is 23.2 Å². The van der Waals surface area contributed by atoms with E-state index in [0.717, 1.165) is 13.1 Å². The largest absolute Gasteiger partial charge is 0.355 e. The lowest BCUT2D eigenvalue weighted by atomic mass is 10.0. The first-order chi connectivity index (χ1) is 12.2. The van der Waals surface area contributed by atoms with Gasteiger partial charge in [0.1, 0.15) is 5.82 Å². The standard InChI is InChI=1S/C19H28FN5/c1-3-17-6-4-5-10-25(17)11-9-23-19(22-2)24-14-16-8-7-15(13-21)12-18(16)20/h7-8,12,17H,3-6,9-11,14H2,1-2H3,(H2,22,23,24). The predicted molar refractivity (Wildman–Crippen MR) is 98.8 cm³/mol. The van der Waals surface area contributed by atoms with Crippen LogP contribution in [-0.4, -0.2) is 43.6 Å². The summed E-state index contributed by atoms with van der Waals surface area (Å²) in [6.45, 7) is 5.56. The van der Waals surface area contributed by atoms with Crippen LogP contribution in [0, 0.1) is 17.1 Å². The second-order valence-electron chi connectivity index (χ2n) is 6.36. The van der Waals surface area contributed by atoms with Gasteiger partial charge in [0.05, 0.1) is 11.6 Å². The van der Waals surface area contributed by atoms with Crippen LogP contribution >= 0.6 is 0 Å². The monoisotopic (exact) mass is 345 g/mol. The number of nitriles is 1. The van der Waals surface area contributed by atoms with Gasteiger partial charge >= 0.3 is 0 Å². The van der Waals surface area contributed by atoms with Gasteiger partial charge in [0, 0.05) is 38.3 Å². The summed E-state index contributed by atoms with van der Waals surface area (Å²) < 4.78 is 13.9. The van der Waals surface area contributed by atoms with Crippen LogP contribution < -0.4 is 10.6 Å². The second-order valence-corrected chi connectivity index (χ2v) is 6.36. The van der Waals surface area contributed by atoms with E-state index in [1.807, 2.05) is 6.07 Å². The zero-order valence-corrected chi connectivity index (χ0v) is 15.2. The number of nitrogens with one attached hydrogen (secondary N) is 2. The van der Waals surface area contributed by atoms with Gasteiger partial charge in [0.25, 0.3) is 0 Å². The van der Waals surface area contributed by atoms with E-state index in [9.17, 15) is 4.39 Å². The van der Waals surface area contributed by atoms with Crippen LogP contribution in [0.5, 0.6) is 0 Å². The minimum Gasteiger partial charge on any atom is -0.355 e. The van der Waals surface area contributed by atoms with Crippen molar-refractivity contribution in [2.45, 2.75) is 45.2 Å². The van der Waals surface area contributed by atoms with Gasteiger partial charge in [-0.1, -0.05) is 19.4 Å². The number of hydrogen-bond acceptors (Lipinski definition) is 3. The molecule has 1 aliphatic rings. The minimum absolute atomic E-state index is 0.329. The van der Waals surface area contributed by atoms with Crippen LogP contribution in [0.25, 0.3) is 0 Å². The van der Waals surface area contributed by atoms with Crippen molar-refractivity contribution >= 4 is 5.96 Å². The molecule has 25 heavy (non-hydrogen) atoms. The van der Waals surface area contributed by atoms with Gasteiger partial charge in [-0.2, -0.15) is 5.26 Å². The minimum atomic E-state index is -0.374. The van der Waals surface area contributed by atoms with Crippen molar-refractivity contribution in [2.75, 3.05) is 26.7 Å². The molecule has 0 amide bonds. The number of hydrogen-bond donors (Lipinski definition) is 2. The molecule has 0 aromatic heterocycles. The summed E-state index contributed by atoms with van der Waals surface area (Å²) in [6.07, 6.45) is 5.11. The van der Waals surface area contributed by atoms with Gasteiger partial charge in [-0.15, -0.1) is 0 Å². The molecule has 5 nitrogen and oxygen atoms in total. The third-order valence-electron chi connectivity index (χ3n) is 4.76. The van der Waals surface area contributed by atoms with E-state index in [1.165, 1.54) is 38.3 Å². The molecule has 1 saturated heterocycles. The first kappa shape index (κ1) is 19.2. The number of halogens is 1. The Morgan fingerprint density at radius 2 is 2.24 bits per heavy atom. The molecule has 1 aromatic carbocycles. The van der Waals surface area contributed by atoms with Crippen LogP contribution in [0.2, 0.25) is 0 Å². The van der Waals surface area contributed by atoms with Crippen molar-refractivity contribution in [3.63, 3.8) is 0 Å². The molecule has 1 aromatic rings. The summed E-state index contributed by atoms with van der Waals surface area (Å²) in [5.74, 6) is 0.287. The van der Waals surface area contributed by atoms with Gasteiger partial charge in [-0.05, 0) is 37.9 Å². The highest BCUT2D eigenvalue weighted by Gasteiger charge is 2.19. The van der Waals surface area contributed by atoms with E-state index in [0.29, 0.717) is 29.7 Å². The van der Waals surface area contributed by atoms with Gasteiger partial charge in [0.15, 0.2) is 5.96 Å². The van der Waals surface area contributed by atoms with Crippen molar-refractivity contribution in [3.05, 3.63) is 35.1 Å². The third-order valence-corrected chi connectivity index (χ3v) is 4.76. The predicted octanol–water partition coefficient (Wildman–Crippen LogP) is 2.63. The fraction of sp³-hybridized carbons (Fsp3) is 0.579. The Kier molecular flexibility index (Phi) is 7.68. The number of nitrogens with zero attached hydrogens (tertiary/aromatic N) is 3. The second kappa shape index (κ2) is 10.00. The van der Waals surface area contributed by atoms with Crippen molar-refractivity contribution in [2.24, 2.45) is 4.99 Å². The fourth-order valence-corrected chi connectivity index (χ4v) is 3.29. The Morgan fingerprint density at radius 1 is 1.40 bits per heavy atom. The summed E-state index contributed by atoms with van der Waals surface area (Å²) in [6, 6.07) is 7.14. The summed E-state index contributed by atoms with van der Waals surface area (Å²) in [7, 11) is 1.71. The lowest BCUT2D eigenvalue weighted by Gasteiger charge is -2.35. The zero-order valence-electron chi connectivity index (χ0n) is 15.2. The smallest absolute Gasteiger partial charge is 0.191 e. The highest BCUT2D eigenvalue weighted by molar-refractivity contribution is 5.79. The Bertz CT molecular complexity index is 623. The van der Waals surface area contributed by atoms with E-state index in [-0.39, 0.29) is 5.82 Å². The molecular weight excluding hydrogens is 317 g/mol.